The van der Waals surface area contributed by atoms with E-state index in [0.29, 0.717) is 17.2 Å². The van der Waals surface area contributed by atoms with Gasteiger partial charge in [0.05, 0.1) is 12.8 Å². The fourth-order valence-electron chi connectivity index (χ4n) is 3.90. The summed E-state index contributed by atoms with van der Waals surface area (Å²) < 4.78 is 18.6. The zero-order valence-corrected chi connectivity index (χ0v) is 19.8. The Morgan fingerprint density at radius 3 is 2.50 bits per heavy atom. The molecule has 1 aliphatic heterocycles. The molecule has 4 rings (SSSR count). The first-order valence-corrected chi connectivity index (χ1v) is 11.9. The Kier molecular flexibility index (Phi) is 7.37. The molecule has 0 aliphatic carbocycles. The summed E-state index contributed by atoms with van der Waals surface area (Å²) in [5, 5.41) is 5.49. The average Bonchev–Trinajstić information content (AvgIpc) is 3.29. The summed E-state index contributed by atoms with van der Waals surface area (Å²) in [5.74, 6) is 0.395. The molecule has 3 aromatic rings. The highest BCUT2D eigenvalue weighted by molar-refractivity contribution is 7.99. The van der Waals surface area contributed by atoms with Gasteiger partial charge in [0.2, 0.25) is 5.91 Å². The molecular weight excluding hydrogens is 453 g/mol. The molecule has 3 aromatic carbocycles. The van der Waals surface area contributed by atoms with Gasteiger partial charge in [0.1, 0.15) is 23.0 Å². The van der Waals surface area contributed by atoms with Crippen LogP contribution in [0.1, 0.15) is 22.1 Å². The van der Waals surface area contributed by atoms with E-state index in [2.05, 4.69) is 10.6 Å². The Balaban J connectivity index is 1.58. The monoisotopic (exact) mass is 479 g/mol. The number of thioether (sulfide) groups is 1. The smallest absolute Gasteiger partial charge is 0.323 e. The van der Waals surface area contributed by atoms with Gasteiger partial charge in [-0.3, -0.25) is 9.69 Å². The molecule has 1 fully saturated rings. The minimum atomic E-state index is -0.676. The highest BCUT2D eigenvalue weighted by Gasteiger charge is 2.43. The van der Waals surface area contributed by atoms with Crippen LogP contribution in [-0.4, -0.2) is 35.7 Å². The standard InChI is InChI=1S/C26H26FN3O3S/c1-17-7-3-4-8-20(17)25-30(26(32)29-21-9-5-6-10-23(21)33-2)22(16-34-25)24(31)28-15-18-11-13-19(27)14-12-18/h3-14,22,25H,15-16H2,1-2H3,(H,28,31)(H,29,32). The van der Waals surface area contributed by atoms with Crippen LogP contribution in [0.2, 0.25) is 0 Å². The van der Waals surface area contributed by atoms with Crippen molar-refractivity contribution in [3.8, 4) is 5.75 Å². The minimum Gasteiger partial charge on any atom is -0.495 e. The maximum absolute atomic E-state index is 13.5. The summed E-state index contributed by atoms with van der Waals surface area (Å²) in [5.41, 5.74) is 3.33. The van der Waals surface area contributed by atoms with Crippen LogP contribution in [0.25, 0.3) is 0 Å². The van der Waals surface area contributed by atoms with Gasteiger partial charge >= 0.3 is 6.03 Å². The van der Waals surface area contributed by atoms with E-state index in [0.717, 1.165) is 16.7 Å². The number of para-hydroxylation sites is 2. The van der Waals surface area contributed by atoms with Crippen molar-refractivity contribution in [3.05, 3.63) is 95.3 Å². The van der Waals surface area contributed by atoms with Gasteiger partial charge in [-0.05, 0) is 47.9 Å². The Morgan fingerprint density at radius 2 is 1.76 bits per heavy atom. The van der Waals surface area contributed by atoms with E-state index in [1.165, 1.54) is 12.1 Å². The number of rotatable bonds is 6. The molecule has 0 radical (unpaired) electrons. The van der Waals surface area contributed by atoms with Crippen molar-refractivity contribution >= 4 is 29.4 Å². The fraction of sp³-hybridized carbons (Fsp3) is 0.231. The van der Waals surface area contributed by atoms with Gasteiger partial charge in [-0.2, -0.15) is 0 Å². The van der Waals surface area contributed by atoms with Crippen LogP contribution in [0, 0.1) is 12.7 Å². The largest absolute Gasteiger partial charge is 0.495 e. The van der Waals surface area contributed by atoms with Crippen LogP contribution < -0.4 is 15.4 Å². The molecule has 3 amide bonds. The van der Waals surface area contributed by atoms with Crippen LogP contribution in [0.4, 0.5) is 14.9 Å². The third-order valence-electron chi connectivity index (χ3n) is 5.72. The summed E-state index contributed by atoms with van der Waals surface area (Å²) in [4.78, 5) is 28.3. The number of ether oxygens (including phenoxy) is 1. The van der Waals surface area contributed by atoms with Crippen molar-refractivity contribution in [2.75, 3.05) is 18.2 Å². The number of hydrogen-bond donors (Lipinski definition) is 2. The molecule has 1 heterocycles. The molecule has 6 nitrogen and oxygen atoms in total. The van der Waals surface area contributed by atoms with Crippen molar-refractivity contribution in [1.29, 1.82) is 0 Å². The number of aryl methyl sites for hydroxylation is 1. The van der Waals surface area contributed by atoms with Gasteiger partial charge in [-0.25, -0.2) is 9.18 Å². The van der Waals surface area contributed by atoms with E-state index >= 15 is 0 Å². The first-order chi connectivity index (χ1) is 16.5. The number of nitrogens with zero attached hydrogens (tertiary/aromatic N) is 1. The second-order valence-corrected chi connectivity index (χ2v) is 9.05. The van der Waals surface area contributed by atoms with Crippen LogP contribution in [-0.2, 0) is 11.3 Å². The third-order valence-corrected chi connectivity index (χ3v) is 7.03. The molecule has 176 valence electrons. The molecule has 2 N–H and O–H groups in total. The molecule has 2 atom stereocenters. The molecule has 8 heteroatoms. The number of carbonyl (C=O) groups excluding carboxylic acids is 2. The Morgan fingerprint density at radius 1 is 1.06 bits per heavy atom. The van der Waals surface area contributed by atoms with Crippen molar-refractivity contribution in [1.82, 2.24) is 10.2 Å². The number of anilines is 1. The average molecular weight is 480 g/mol. The van der Waals surface area contributed by atoms with Gasteiger partial charge in [0.25, 0.3) is 0 Å². The lowest BCUT2D eigenvalue weighted by Gasteiger charge is -2.30. The van der Waals surface area contributed by atoms with E-state index < -0.39 is 6.04 Å². The SMILES string of the molecule is COc1ccccc1NC(=O)N1C(C(=O)NCc2ccc(F)cc2)CSC1c1ccccc1C. The highest BCUT2D eigenvalue weighted by atomic mass is 32.2. The highest BCUT2D eigenvalue weighted by Crippen LogP contribution is 2.43. The number of carbonyl (C=O) groups is 2. The molecule has 0 bridgehead atoms. The lowest BCUT2D eigenvalue weighted by atomic mass is 10.1. The van der Waals surface area contributed by atoms with Crippen LogP contribution in [0.5, 0.6) is 5.75 Å². The van der Waals surface area contributed by atoms with Crippen molar-refractivity contribution < 1.29 is 18.7 Å². The third kappa shape index (κ3) is 5.17. The van der Waals surface area contributed by atoms with Crippen LogP contribution in [0.3, 0.4) is 0 Å². The second kappa shape index (κ2) is 10.6. The van der Waals surface area contributed by atoms with Crippen molar-refractivity contribution in [3.63, 3.8) is 0 Å². The summed E-state index contributed by atoms with van der Waals surface area (Å²) >= 11 is 1.55. The van der Waals surface area contributed by atoms with Gasteiger partial charge in [0, 0.05) is 12.3 Å². The van der Waals surface area contributed by atoms with E-state index in [9.17, 15) is 14.0 Å². The van der Waals surface area contributed by atoms with E-state index in [1.54, 1.807) is 48.0 Å². The van der Waals surface area contributed by atoms with Crippen molar-refractivity contribution in [2.24, 2.45) is 0 Å². The van der Waals surface area contributed by atoms with Gasteiger partial charge in [0.15, 0.2) is 0 Å². The Labute approximate surface area is 202 Å². The fourth-order valence-corrected chi connectivity index (χ4v) is 5.42. The molecule has 0 spiro atoms. The first-order valence-electron chi connectivity index (χ1n) is 10.9. The van der Waals surface area contributed by atoms with Crippen molar-refractivity contribution in [2.45, 2.75) is 24.9 Å². The van der Waals surface area contributed by atoms with Gasteiger partial charge in [-0.1, -0.05) is 48.5 Å². The maximum Gasteiger partial charge on any atom is 0.323 e. The number of benzene rings is 3. The molecule has 0 aromatic heterocycles. The first kappa shape index (κ1) is 23.6. The van der Waals surface area contributed by atoms with Gasteiger partial charge in [-0.15, -0.1) is 11.8 Å². The Hall–Kier alpha value is -3.52. The molecule has 1 aliphatic rings. The predicted molar refractivity (Wildman–Crippen MR) is 132 cm³/mol. The van der Waals surface area contributed by atoms with E-state index in [-0.39, 0.29) is 29.7 Å². The van der Waals surface area contributed by atoms with Gasteiger partial charge < -0.3 is 15.4 Å². The predicted octanol–water partition coefficient (Wildman–Crippen LogP) is 5.11. The summed E-state index contributed by atoms with van der Waals surface area (Å²) in [7, 11) is 1.54. The molecule has 1 saturated heterocycles. The summed E-state index contributed by atoms with van der Waals surface area (Å²) in [6.07, 6.45) is 0. The maximum atomic E-state index is 13.5. The zero-order valence-electron chi connectivity index (χ0n) is 19.0. The lowest BCUT2D eigenvalue weighted by Crippen LogP contribution is -2.49. The van der Waals surface area contributed by atoms with E-state index in [1.807, 2.05) is 43.3 Å². The number of urea groups is 1. The summed E-state index contributed by atoms with van der Waals surface area (Å²) in [6, 6.07) is 19.9. The van der Waals surface area contributed by atoms with Crippen LogP contribution in [0.15, 0.2) is 72.8 Å². The number of halogens is 1. The number of amides is 3. The number of hydrogen-bond acceptors (Lipinski definition) is 4. The molecule has 34 heavy (non-hydrogen) atoms. The molecular formula is C26H26FN3O3S. The minimum absolute atomic E-state index is 0.247. The normalized spacial score (nSPS) is 17.3. The zero-order chi connectivity index (χ0) is 24.1. The molecule has 2 unspecified atom stereocenters. The Bertz CT molecular complexity index is 1170. The lowest BCUT2D eigenvalue weighted by molar-refractivity contribution is -0.124. The summed E-state index contributed by atoms with van der Waals surface area (Å²) in [6.45, 7) is 2.24. The quantitative estimate of drug-likeness (QED) is 0.516. The van der Waals surface area contributed by atoms with Crippen LogP contribution >= 0.6 is 11.8 Å². The topological polar surface area (TPSA) is 70.7 Å². The van der Waals surface area contributed by atoms with E-state index in [4.69, 9.17) is 4.74 Å². The number of methoxy groups -OCH3 is 1. The molecule has 0 saturated carbocycles. The second-order valence-electron chi connectivity index (χ2n) is 7.94. The number of nitrogens with one attached hydrogen (secondary N) is 2.